The highest BCUT2D eigenvalue weighted by Gasteiger charge is 1.99. The van der Waals surface area contributed by atoms with Gasteiger partial charge in [0.2, 0.25) is 0 Å². The van der Waals surface area contributed by atoms with Crippen molar-refractivity contribution in [1.29, 1.82) is 0 Å². The molecule has 0 aromatic heterocycles. The molecule has 0 fully saturated rings. The SMILES string of the molecule is CCCCCCCCCCCCCCCCCCCCCCCCCCOC(=O)CCl. The van der Waals surface area contributed by atoms with E-state index < -0.39 is 0 Å². The predicted molar refractivity (Wildman–Crippen MR) is 138 cm³/mol. The number of unbranched alkanes of at least 4 members (excludes halogenated alkanes) is 23. The Kier molecular flexibility index (Phi) is 27.6. The Morgan fingerprint density at radius 3 is 1.00 bits per heavy atom. The molecule has 31 heavy (non-hydrogen) atoms. The summed E-state index contributed by atoms with van der Waals surface area (Å²) in [5.74, 6) is -0.324. The van der Waals surface area contributed by atoms with Gasteiger partial charge in [0.05, 0.1) is 6.61 Å². The monoisotopic (exact) mass is 458 g/mol. The molecular weight excluding hydrogens is 404 g/mol. The lowest BCUT2D eigenvalue weighted by Gasteiger charge is -2.04. The highest BCUT2D eigenvalue weighted by atomic mass is 35.5. The van der Waals surface area contributed by atoms with Crippen LogP contribution in [0.2, 0.25) is 0 Å². The minimum atomic E-state index is -0.296. The molecule has 0 saturated heterocycles. The van der Waals surface area contributed by atoms with Gasteiger partial charge in [-0.2, -0.15) is 0 Å². The molecule has 186 valence electrons. The summed E-state index contributed by atoms with van der Waals surface area (Å²) in [7, 11) is 0. The number of hydrogen-bond acceptors (Lipinski definition) is 2. The van der Waals surface area contributed by atoms with Gasteiger partial charge in [-0.3, -0.25) is 4.79 Å². The molecule has 0 aliphatic heterocycles. The van der Waals surface area contributed by atoms with E-state index in [4.69, 9.17) is 16.3 Å². The smallest absolute Gasteiger partial charge is 0.320 e. The van der Waals surface area contributed by atoms with Crippen LogP contribution in [-0.4, -0.2) is 18.5 Å². The predicted octanol–water partition coefficient (Wildman–Crippen LogP) is 10.2. The van der Waals surface area contributed by atoms with Crippen molar-refractivity contribution in [2.45, 2.75) is 161 Å². The summed E-state index contributed by atoms with van der Waals surface area (Å²) in [6.07, 6.45) is 33.5. The number of rotatable bonds is 26. The number of carbonyl (C=O) groups is 1. The van der Waals surface area contributed by atoms with Gasteiger partial charge < -0.3 is 4.74 Å². The second-order valence-electron chi connectivity index (χ2n) is 9.49. The Balaban J connectivity index is 3.01. The van der Waals surface area contributed by atoms with Crippen LogP contribution in [0, 0.1) is 0 Å². The highest BCUT2D eigenvalue weighted by molar-refractivity contribution is 6.26. The number of ether oxygens (including phenoxy) is 1. The maximum Gasteiger partial charge on any atom is 0.320 e. The van der Waals surface area contributed by atoms with E-state index in [1.165, 1.54) is 141 Å². The highest BCUT2D eigenvalue weighted by Crippen LogP contribution is 2.15. The molecule has 0 atom stereocenters. The van der Waals surface area contributed by atoms with E-state index in [0.29, 0.717) is 6.61 Å². The quantitative estimate of drug-likeness (QED) is 0.0731. The van der Waals surface area contributed by atoms with Gasteiger partial charge in [0.25, 0.3) is 0 Å². The number of alkyl halides is 1. The fourth-order valence-electron chi connectivity index (χ4n) is 4.29. The Bertz CT molecular complexity index is 346. The lowest BCUT2D eigenvalue weighted by molar-refractivity contribution is -0.140. The molecule has 0 unspecified atom stereocenters. The van der Waals surface area contributed by atoms with E-state index in [9.17, 15) is 4.79 Å². The summed E-state index contributed by atoms with van der Waals surface area (Å²) in [5.41, 5.74) is 0. The minimum Gasteiger partial charge on any atom is -0.465 e. The van der Waals surface area contributed by atoms with E-state index in [2.05, 4.69) is 6.92 Å². The molecule has 0 heterocycles. The van der Waals surface area contributed by atoms with Crippen LogP contribution in [0.1, 0.15) is 161 Å². The van der Waals surface area contributed by atoms with Crippen molar-refractivity contribution in [1.82, 2.24) is 0 Å². The standard InChI is InChI=1S/C28H55ClO2/c1-2-3-4-5-6-7-8-9-10-11-12-13-14-15-16-17-18-19-20-21-22-23-24-25-26-31-28(30)27-29/h2-27H2,1H3. The molecule has 0 aliphatic carbocycles. The Morgan fingerprint density at radius 2 is 0.742 bits per heavy atom. The average molecular weight is 459 g/mol. The van der Waals surface area contributed by atoms with Gasteiger partial charge in [0, 0.05) is 0 Å². The summed E-state index contributed by atoms with van der Waals surface area (Å²) >= 11 is 5.38. The van der Waals surface area contributed by atoms with Gasteiger partial charge in [-0.1, -0.05) is 155 Å². The molecule has 0 amide bonds. The number of esters is 1. The fraction of sp³-hybridized carbons (Fsp3) is 0.964. The van der Waals surface area contributed by atoms with Crippen molar-refractivity contribution in [3.63, 3.8) is 0 Å². The zero-order valence-corrected chi connectivity index (χ0v) is 21.8. The van der Waals surface area contributed by atoms with Gasteiger partial charge in [0.15, 0.2) is 0 Å². The maximum absolute atomic E-state index is 10.9. The molecule has 0 bridgehead atoms. The summed E-state index contributed by atoms with van der Waals surface area (Å²) in [6, 6.07) is 0. The minimum absolute atomic E-state index is 0.0284. The third kappa shape index (κ3) is 27.7. The normalized spacial score (nSPS) is 11.2. The van der Waals surface area contributed by atoms with E-state index in [0.717, 1.165) is 12.8 Å². The van der Waals surface area contributed by atoms with Crippen molar-refractivity contribution < 1.29 is 9.53 Å². The van der Waals surface area contributed by atoms with E-state index >= 15 is 0 Å². The second kappa shape index (κ2) is 27.8. The first-order valence-corrected chi connectivity index (χ1v) is 14.6. The van der Waals surface area contributed by atoms with Crippen LogP contribution in [0.3, 0.4) is 0 Å². The molecule has 0 saturated carbocycles. The van der Waals surface area contributed by atoms with Crippen LogP contribution in [0.5, 0.6) is 0 Å². The van der Waals surface area contributed by atoms with E-state index in [1.807, 2.05) is 0 Å². The molecule has 0 N–H and O–H groups in total. The summed E-state index contributed by atoms with van der Waals surface area (Å²) in [4.78, 5) is 10.9. The van der Waals surface area contributed by atoms with Crippen LogP contribution in [0.4, 0.5) is 0 Å². The van der Waals surface area contributed by atoms with Crippen molar-refractivity contribution in [2.24, 2.45) is 0 Å². The number of halogens is 1. The first-order chi connectivity index (χ1) is 15.3. The fourth-order valence-corrected chi connectivity index (χ4v) is 4.37. The summed E-state index contributed by atoms with van der Waals surface area (Å²) < 4.78 is 4.97. The first kappa shape index (κ1) is 30.8. The van der Waals surface area contributed by atoms with Crippen molar-refractivity contribution >= 4 is 17.6 Å². The lowest BCUT2D eigenvalue weighted by atomic mass is 10.0. The van der Waals surface area contributed by atoms with Crippen molar-refractivity contribution in [3.05, 3.63) is 0 Å². The first-order valence-electron chi connectivity index (χ1n) is 14.0. The van der Waals surface area contributed by atoms with Crippen LogP contribution in [-0.2, 0) is 9.53 Å². The number of hydrogen-bond donors (Lipinski definition) is 0. The molecule has 0 aromatic rings. The second-order valence-corrected chi connectivity index (χ2v) is 9.75. The van der Waals surface area contributed by atoms with Gasteiger partial charge in [-0.05, 0) is 6.42 Å². The Labute approximate surface area is 200 Å². The lowest BCUT2D eigenvalue weighted by Crippen LogP contribution is -2.06. The largest absolute Gasteiger partial charge is 0.465 e. The van der Waals surface area contributed by atoms with Gasteiger partial charge >= 0.3 is 5.97 Å². The van der Waals surface area contributed by atoms with Crippen LogP contribution in [0.25, 0.3) is 0 Å². The summed E-state index contributed by atoms with van der Waals surface area (Å²) in [6.45, 7) is 2.83. The van der Waals surface area contributed by atoms with Crippen LogP contribution >= 0.6 is 11.6 Å². The maximum atomic E-state index is 10.9. The van der Waals surface area contributed by atoms with E-state index in [-0.39, 0.29) is 11.8 Å². The zero-order valence-electron chi connectivity index (χ0n) is 21.1. The van der Waals surface area contributed by atoms with Gasteiger partial charge in [-0.25, -0.2) is 0 Å². The van der Waals surface area contributed by atoms with Gasteiger partial charge in [0.1, 0.15) is 5.88 Å². The number of carbonyl (C=O) groups excluding carboxylic acids is 1. The third-order valence-corrected chi connectivity index (χ3v) is 6.59. The Morgan fingerprint density at radius 1 is 0.484 bits per heavy atom. The zero-order chi connectivity index (χ0) is 22.7. The van der Waals surface area contributed by atoms with E-state index in [1.54, 1.807) is 0 Å². The van der Waals surface area contributed by atoms with Gasteiger partial charge in [-0.15, -0.1) is 11.6 Å². The van der Waals surface area contributed by atoms with Crippen molar-refractivity contribution in [3.8, 4) is 0 Å². The molecule has 0 spiro atoms. The molecule has 0 aliphatic rings. The topological polar surface area (TPSA) is 26.3 Å². The molecule has 0 radical (unpaired) electrons. The van der Waals surface area contributed by atoms with Crippen molar-refractivity contribution in [2.75, 3.05) is 12.5 Å². The molecule has 3 heteroatoms. The van der Waals surface area contributed by atoms with Crippen LogP contribution < -0.4 is 0 Å². The molecular formula is C28H55ClO2. The average Bonchev–Trinajstić information content (AvgIpc) is 2.78. The van der Waals surface area contributed by atoms with Crippen LogP contribution in [0.15, 0.2) is 0 Å². The Hall–Kier alpha value is -0.240. The third-order valence-electron chi connectivity index (χ3n) is 6.37. The summed E-state index contributed by atoms with van der Waals surface area (Å²) in [5, 5.41) is 0. The molecule has 0 aromatic carbocycles. The molecule has 0 rings (SSSR count). The molecule has 2 nitrogen and oxygen atoms in total.